The summed E-state index contributed by atoms with van der Waals surface area (Å²) in [4.78, 5) is 24.0. The van der Waals surface area contributed by atoms with E-state index < -0.39 is 18.1 Å². The molecule has 6 nitrogen and oxygen atoms in total. The van der Waals surface area contributed by atoms with Crippen LogP contribution in [0.15, 0.2) is 0 Å². The Morgan fingerprint density at radius 3 is 2.71 bits per heavy atom. The monoisotopic (exact) mass is 244 g/mol. The van der Waals surface area contributed by atoms with Crippen molar-refractivity contribution in [1.82, 2.24) is 4.90 Å². The van der Waals surface area contributed by atoms with Gasteiger partial charge in [0.05, 0.1) is 6.10 Å². The van der Waals surface area contributed by atoms with Gasteiger partial charge in [0.1, 0.15) is 6.04 Å². The standard InChI is InChI=1S/C11H20N2O4/c1-7(12)3-2-4-10(15)13-6-8(14)5-9(13)11(16)17/h7-9,14H,2-6,12H2,1H3,(H,16,17)/t7?,8-,9-/m1/s1. The maximum absolute atomic E-state index is 11.8. The van der Waals surface area contributed by atoms with Crippen molar-refractivity contribution in [2.45, 2.75) is 50.8 Å². The summed E-state index contributed by atoms with van der Waals surface area (Å²) in [6.45, 7) is 1.98. The van der Waals surface area contributed by atoms with Crippen LogP contribution in [0.4, 0.5) is 0 Å². The van der Waals surface area contributed by atoms with Gasteiger partial charge in [0.2, 0.25) is 5.91 Å². The van der Waals surface area contributed by atoms with Gasteiger partial charge in [0, 0.05) is 25.4 Å². The van der Waals surface area contributed by atoms with E-state index in [4.69, 9.17) is 10.8 Å². The maximum atomic E-state index is 11.8. The predicted molar refractivity (Wildman–Crippen MR) is 61.3 cm³/mol. The number of nitrogens with zero attached hydrogens (tertiary/aromatic N) is 1. The number of hydrogen-bond acceptors (Lipinski definition) is 4. The molecule has 1 fully saturated rings. The minimum atomic E-state index is -1.05. The number of aliphatic hydroxyl groups is 1. The minimum Gasteiger partial charge on any atom is -0.480 e. The van der Waals surface area contributed by atoms with Crippen LogP contribution in [0.5, 0.6) is 0 Å². The van der Waals surface area contributed by atoms with Gasteiger partial charge in [-0.1, -0.05) is 0 Å². The Balaban J connectivity index is 2.47. The van der Waals surface area contributed by atoms with Crippen LogP contribution >= 0.6 is 0 Å². The number of likely N-dealkylation sites (tertiary alicyclic amines) is 1. The van der Waals surface area contributed by atoms with Gasteiger partial charge >= 0.3 is 5.97 Å². The Hall–Kier alpha value is -1.14. The third-order valence-corrected chi connectivity index (χ3v) is 2.93. The number of rotatable bonds is 5. The minimum absolute atomic E-state index is 0.0437. The molecule has 0 bridgehead atoms. The summed E-state index contributed by atoms with van der Waals surface area (Å²) in [7, 11) is 0. The largest absolute Gasteiger partial charge is 0.480 e. The predicted octanol–water partition coefficient (Wildman–Crippen LogP) is -0.450. The summed E-state index contributed by atoms with van der Waals surface area (Å²) in [6.07, 6.45) is 1.07. The molecule has 3 atom stereocenters. The Kier molecular flexibility index (Phi) is 4.89. The molecule has 1 aliphatic rings. The van der Waals surface area contributed by atoms with Crippen LogP contribution in [0.2, 0.25) is 0 Å². The van der Waals surface area contributed by atoms with Gasteiger partial charge in [-0.15, -0.1) is 0 Å². The maximum Gasteiger partial charge on any atom is 0.326 e. The smallest absolute Gasteiger partial charge is 0.326 e. The fourth-order valence-corrected chi connectivity index (χ4v) is 2.04. The highest BCUT2D eigenvalue weighted by molar-refractivity contribution is 5.84. The first-order valence-corrected chi connectivity index (χ1v) is 5.87. The quantitative estimate of drug-likeness (QED) is 0.607. The van der Waals surface area contributed by atoms with Gasteiger partial charge in [-0.3, -0.25) is 4.79 Å². The van der Waals surface area contributed by atoms with Gasteiger partial charge in [0.25, 0.3) is 0 Å². The van der Waals surface area contributed by atoms with Crippen molar-refractivity contribution in [2.75, 3.05) is 6.54 Å². The van der Waals surface area contributed by atoms with E-state index in [1.54, 1.807) is 0 Å². The lowest BCUT2D eigenvalue weighted by Gasteiger charge is -2.21. The zero-order chi connectivity index (χ0) is 13.0. The number of aliphatic hydroxyl groups excluding tert-OH is 1. The van der Waals surface area contributed by atoms with Crippen molar-refractivity contribution >= 4 is 11.9 Å². The van der Waals surface area contributed by atoms with Gasteiger partial charge in [-0.2, -0.15) is 0 Å². The van der Waals surface area contributed by atoms with Crippen LogP contribution in [0.25, 0.3) is 0 Å². The Labute approximate surface area is 100 Å². The molecular weight excluding hydrogens is 224 g/mol. The van der Waals surface area contributed by atoms with Crippen molar-refractivity contribution in [2.24, 2.45) is 5.73 Å². The van der Waals surface area contributed by atoms with E-state index in [1.807, 2.05) is 6.92 Å². The molecule has 0 saturated carbocycles. The van der Waals surface area contributed by atoms with Crippen LogP contribution in [-0.2, 0) is 9.59 Å². The first-order valence-electron chi connectivity index (χ1n) is 5.87. The number of nitrogens with two attached hydrogens (primary N) is 1. The van der Waals surface area contributed by atoms with Crippen LogP contribution in [-0.4, -0.2) is 51.7 Å². The van der Waals surface area contributed by atoms with Crippen molar-refractivity contribution in [1.29, 1.82) is 0 Å². The van der Waals surface area contributed by atoms with Crippen LogP contribution in [0.1, 0.15) is 32.6 Å². The fraction of sp³-hybridized carbons (Fsp3) is 0.818. The summed E-state index contributed by atoms with van der Waals surface area (Å²) in [6, 6.07) is -0.838. The first kappa shape index (κ1) is 13.9. The molecule has 1 amide bonds. The zero-order valence-electron chi connectivity index (χ0n) is 10.0. The molecule has 17 heavy (non-hydrogen) atoms. The van der Waals surface area contributed by atoms with Crippen molar-refractivity contribution in [3.05, 3.63) is 0 Å². The zero-order valence-corrected chi connectivity index (χ0v) is 10.0. The summed E-state index contributed by atoms with van der Waals surface area (Å²) < 4.78 is 0. The van der Waals surface area contributed by atoms with E-state index in [1.165, 1.54) is 4.90 Å². The lowest BCUT2D eigenvalue weighted by Crippen LogP contribution is -2.40. The molecule has 98 valence electrons. The Morgan fingerprint density at radius 2 is 2.18 bits per heavy atom. The van der Waals surface area contributed by atoms with Gasteiger partial charge < -0.3 is 20.8 Å². The molecule has 0 radical (unpaired) electrons. The van der Waals surface area contributed by atoms with E-state index in [-0.39, 0.29) is 31.3 Å². The SMILES string of the molecule is CC(N)CCCC(=O)N1C[C@H](O)C[C@@H]1C(=O)O. The van der Waals surface area contributed by atoms with Crippen molar-refractivity contribution in [3.63, 3.8) is 0 Å². The molecule has 0 aromatic heterocycles. The van der Waals surface area contributed by atoms with E-state index in [2.05, 4.69) is 0 Å². The molecule has 1 rings (SSSR count). The second-order valence-corrected chi connectivity index (χ2v) is 4.66. The highest BCUT2D eigenvalue weighted by atomic mass is 16.4. The van der Waals surface area contributed by atoms with E-state index >= 15 is 0 Å². The molecule has 0 spiro atoms. The third kappa shape index (κ3) is 3.98. The molecule has 4 N–H and O–H groups in total. The average molecular weight is 244 g/mol. The highest BCUT2D eigenvalue weighted by Crippen LogP contribution is 2.19. The second kappa shape index (κ2) is 5.97. The molecule has 1 unspecified atom stereocenters. The van der Waals surface area contributed by atoms with E-state index in [9.17, 15) is 14.7 Å². The normalized spacial score (nSPS) is 25.9. The molecule has 0 aromatic carbocycles. The van der Waals surface area contributed by atoms with Crippen LogP contribution < -0.4 is 5.73 Å². The number of carboxylic acid groups (broad SMARTS) is 1. The molecule has 6 heteroatoms. The number of carbonyl (C=O) groups excluding carboxylic acids is 1. The Bertz CT molecular complexity index is 293. The molecule has 1 saturated heterocycles. The highest BCUT2D eigenvalue weighted by Gasteiger charge is 2.38. The molecule has 0 aliphatic carbocycles. The van der Waals surface area contributed by atoms with Gasteiger partial charge in [0.15, 0.2) is 0 Å². The number of carboxylic acids is 1. The van der Waals surface area contributed by atoms with Crippen molar-refractivity contribution < 1.29 is 19.8 Å². The summed E-state index contributed by atoms with van der Waals surface area (Å²) in [5.74, 6) is -1.27. The average Bonchev–Trinajstić information content (AvgIpc) is 2.59. The number of carbonyl (C=O) groups is 2. The topological polar surface area (TPSA) is 104 Å². The summed E-state index contributed by atoms with van der Waals surface area (Å²) >= 11 is 0. The lowest BCUT2D eigenvalue weighted by molar-refractivity contribution is -0.148. The number of aliphatic carboxylic acids is 1. The van der Waals surface area contributed by atoms with Crippen LogP contribution in [0.3, 0.4) is 0 Å². The molecule has 0 aromatic rings. The number of hydrogen-bond donors (Lipinski definition) is 3. The number of amides is 1. The third-order valence-electron chi connectivity index (χ3n) is 2.93. The first-order chi connectivity index (χ1) is 7.91. The molecular formula is C11H20N2O4. The van der Waals surface area contributed by atoms with E-state index in [0.29, 0.717) is 6.42 Å². The number of β-amino-alcohol motifs (C(OH)–C–C–N with tert-alkyl or cyclic N) is 1. The van der Waals surface area contributed by atoms with Gasteiger partial charge in [-0.25, -0.2) is 4.79 Å². The summed E-state index contributed by atoms with van der Waals surface area (Å²) in [5, 5.41) is 18.3. The van der Waals surface area contributed by atoms with Gasteiger partial charge in [-0.05, 0) is 19.8 Å². The van der Waals surface area contributed by atoms with Crippen LogP contribution in [0, 0.1) is 0 Å². The fourth-order valence-electron chi connectivity index (χ4n) is 2.04. The second-order valence-electron chi connectivity index (χ2n) is 4.66. The van der Waals surface area contributed by atoms with Crippen molar-refractivity contribution in [3.8, 4) is 0 Å². The lowest BCUT2D eigenvalue weighted by atomic mass is 10.1. The summed E-state index contributed by atoms with van der Waals surface area (Å²) in [5.41, 5.74) is 5.57. The van der Waals surface area contributed by atoms with E-state index in [0.717, 1.165) is 6.42 Å². The molecule has 1 heterocycles. The Morgan fingerprint density at radius 1 is 1.53 bits per heavy atom. The molecule has 1 aliphatic heterocycles.